The summed E-state index contributed by atoms with van der Waals surface area (Å²) in [6.07, 6.45) is 2.80. The number of nitrogens with zero attached hydrogens (tertiary/aromatic N) is 2. The van der Waals surface area contributed by atoms with Crippen molar-refractivity contribution in [2.24, 2.45) is 5.14 Å². The number of aryl methyl sites for hydroxylation is 2. The van der Waals surface area contributed by atoms with Crippen molar-refractivity contribution >= 4 is 33.9 Å². The first kappa shape index (κ1) is 16.0. The monoisotopic (exact) mass is 349 g/mol. The number of pyridine rings is 1. The quantitative estimate of drug-likeness (QED) is 0.542. The van der Waals surface area contributed by atoms with Gasteiger partial charge in [0.1, 0.15) is 5.75 Å². The van der Waals surface area contributed by atoms with Gasteiger partial charge in [-0.2, -0.15) is 0 Å². The highest BCUT2D eigenvalue weighted by Crippen LogP contribution is 2.30. The molecule has 4 rings (SSSR count). The lowest BCUT2D eigenvalue weighted by Gasteiger charge is -2.08. The van der Waals surface area contributed by atoms with Crippen molar-refractivity contribution < 1.29 is 4.74 Å². The van der Waals surface area contributed by atoms with Gasteiger partial charge in [0, 0.05) is 23.0 Å². The highest BCUT2D eigenvalue weighted by Gasteiger charge is 2.12. The molecule has 0 aliphatic rings. The topological polar surface area (TPSA) is 53.1 Å². The molecule has 4 aromatic rings. The zero-order chi connectivity index (χ0) is 17.2. The first-order valence-electron chi connectivity index (χ1n) is 8.17. The molecule has 0 amide bonds. The average molecular weight is 349 g/mol. The molecule has 0 saturated carbocycles. The van der Waals surface area contributed by atoms with E-state index >= 15 is 0 Å². The number of rotatable bonds is 5. The van der Waals surface area contributed by atoms with E-state index < -0.39 is 0 Å². The molecular weight excluding hydrogens is 330 g/mol. The molecule has 0 unspecified atom stereocenters. The fourth-order valence-electron chi connectivity index (χ4n) is 3.24. The Morgan fingerprint density at radius 2 is 1.92 bits per heavy atom. The summed E-state index contributed by atoms with van der Waals surface area (Å²) in [6, 6.07) is 18.7. The van der Waals surface area contributed by atoms with Crippen molar-refractivity contribution in [2.45, 2.75) is 17.9 Å². The number of aromatic nitrogens is 2. The lowest BCUT2D eigenvalue weighted by atomic mass is 10.1. The molecule has 0 spiro atoms. The molecule has 5 heteroatoms. The maximum Gasteiger partial charge on any atom is 0.119 e. The van der Waals surface area contributed by atoms with Crippen LogP contribution in [0.5, 0.6) is 5.75 Å². The minimum absolute atomic E-state index is 0.854. The Balaban J connectivity index is 1.74. The van der Waals surface area contributed by atoms with Crippen LogP contribution in [0.15, 0.2) is 65.7 Å². The summed E-state index contributed by atoms with van der Waals surface area (Å²) >= 11 is 1.28. The Bertz CT molecular complexity index is 1020. The van der Waals surface area contributed by atoms with Gasteiger partial charge in [-0.1, -0.05) is 12.1 Å². The lowest BCUT2D eigenvalue weighted by Crippen LogP contribution is -2.01. The van der Waals surface area contributed by atoms with Gasteiger partial charge < -0.3 is 9.30 Å². The van der Waals surface area contributed by atoms with E-state index in [9.17, 15) is 0 Å². The second-order valence-corrected chi connectivity index (χ2v) is 6.62. The summed E-state index contributed by atoms with van der Waals surface area (Å²) in [7, 11) is 1.69. The van der Waals surface area contributed by atoms with Crippen molar-refractivity contribution in [1.82, 2.24) is 9.55 Å². The smallest absolute Gasteiger partial charge is 0.119 e. The molecule has 0 saturated heterocycles. The third kappa shape index (κ3) is 2.97. The summed E-state index contributed by atoms with van der Waals surface area (Å²) < 4.78 is 7.72. The van der Waals surface area contributed by atoms with Crippen LogP contribution in [0.4, 0.5) is 0 Å². The molecular formula is C20H19N3OS. The second kappa shape index (κ2) is 6.78. The molecule has 2 aromatic carbocycles. The standard InChI is InChI=1S/C20H19N3OS/c1-24-15-6-9-18-17(13-15)20-19(3-2-11-22-20)23(18)12-10-14-4-7-16(25-21)8-5-14/h2-9,11,13H,10,12,21H2,1H3. The van der Waals surface area contributed by atoms with E-state index in [0.29, 0.717) is 0 Å². The minimum Gasteiger partial charge on any atom is -0.497 e. The number of fused-ring (bicyclic) bond motifs is 3. The third-order valence-corrected chi connectivity index (χ3v) is 5.05. The summed E-state index contributed by atoms with van der Waals surface area (Å²) in [5, 5.41) is 6.72. The van der Waals surface area contributed by atoms with E-state index in [1.54, 1.807) is 7.11 Å². The van der Waals surface area contributed by atoms with Crippen LogP contribution in [-0.2, 0) is 13.0 Å². The van der Waals surface area contributed by atoms with E-state index in [1.807, 2.05) is 18.3 Å². The Morgan fingerprint density at radius 1 is 1.08 bits per heavy atom. The Morgan fingerprint density at radius 3 is 2.68 bits per heavy atom. The molecule has 0 aliphatic heterocycles. The SMILES string of the molecule is COc1ccc2c(c1)c1ncccc1n2CCc1ccc(SN)cc1. The van der Waals surface area contributed by atoms with Crippen molar-refractivity contribution in [1.29, 1.82) is 0 Å². The van der Waals surface area contributed by atoms with Crippen molar-refractivity contribution in [2.75, 3.05) is 7.11 Å². The zero-order valence-electron chi connectivity index (χ0n) is 14.0. The summed E-state index contributed by atoms with van der Waals surface area (Å²) in [5.41, 5.74) is 4.65. The molecule has 0 fully saturated rings. The largest absolute Gasteiger partial charge is 0.497 e. The number of ether oxygens (including phenoxy) is 1. The number of hydrogen-bond acceptors (Lipinski definition) is 4. The van der Waals surface area contributed by atoms with Crippen LogP contribution in [0.25, 0.3) is 21.9 Å². The third-order valence-electron chi connectivity index (χ3n) is 4.51. The minimum atomic E-state index is 0.854. The van der Waals surface area contributed by atoms with E-state index in [4.69, 9.17) is 9.88 Å². The van der Waals surface area contributed by atoms with Crippen LogP contribution in [0.3, 0.4) is 0 Å². The van der Waals surface area contributed by atoms with Crippen molar-refractivity contribution in [3.8, 4) is 5.75 Å². The number of nitrogens with two attached hydrogens (primary N) is 1. The van der Waals surface area contributed by atoms with Gasteiger partial charge in [0.15, 0.2) is 0 Å². The summed E-state index contributed by atoms with van der Waals surface area (Å²) in [4.78, 5) is 5.67. The molecule has 0 radical (unpaired) electrons. The molecule has 25 heavy (non-hydrogen) atoms. The molecule has 2 N–H and O–H groups in total. The normalized spacial score (nSPS) is 11.3. The van der Waals surface area contributed by atoms with E-state index in [1.165, 1.54) is 23.0 Å². The Hall–Kier alpha value is -2.50. The van der Waals surface area contributed by atoms with E-state index in [2.05, 4.69) is 52.0 Å². The number of hydrogen-bond donors (Lipinski definition) is 1. The Kier molecular flexibility index (Phi) is 4.34. The van der Waals surface area contributed by atoms with Gasteiger partial charge in [-0.15, -0.1) is 0 Å². The van der Waals surface area contributed by atoms with Gasteiger partial charge in [0.2, 0.25) is 0 Å². The molecule has 4 nitrogen and oxygen atoms in total. The average Bonchev–Trinajstić information content (AvgIpc) is 3.00. The maximum absolute atomic E-state index is 5.59. The van der Waals surface area contributed by atoms with Gasteiger partial charge in [-0.3, -0.25) is 10.1 Å². The van der Waals surface area contributed by atoms with E-state index in [0.717, 1.165) is 40.0 Å². The lowest BCUT2D eigenvalue weighted by molar-refractivity contribution is 0.415. The second-order valence-electron chi connectivity index (χ2n) is 5.92. The van der Waals surface area contributed by atoms with Crippen LogP contribution in [0.2, 0.25) is 0 Å². The van der Waals surface area contributed by atoms with E-state index in [-0.39, 0.29) is 0 Å². The predicted molar refractivity (Wildman–Crippen MR) is 104 cm³/mol. The van der Waals surface area contributed by atoms with Gasteiger partial charge in [-0.05, 0) is 66.4 Å². The molecule has 126 valence electrons. The number of methoxy groups -OCH3 is 1. The van der Waals surface area contributed by atoms with Crippen LogP contribution >= 0.6 is 11.9 Å². The predicted octanol–water partition coefficient (Wildman–Crippen LogP) is 4.41. The highest BCUT2D eigenvalue weighted by molar-refractivity contribution is 7.97. The van der Waals surface area contributed by atoms with Gasteiger partial charge in [0.25, 0.3) is 0 Å². The molecule has 0 bridgehead atoms. The number of benzene rings is 2. The van der Waals surface area contributed by atoms with Crippen LogP contribution < -0.4 is 9.88 Å². The fourth-order valence-corrected chi connectivity index (χ4v) is 3.53. The van der Waals surface area contributed by atoms with Crippen LogP contribution in [0, 0.1) is 0 Å². The molecule has 0 atom stereocenters. The summed E-state index contributed by atoms with van der Waals surface area (Å²) in [6.45, 7) is 0.896. The van der Waals surface area contributed by atoms with Gasteiger partial charge in [0.05, 0.1) is 23.7 Å². The van der Waals surface area contributed by atoms with Gasteiger partial charge >= 0.3 is 0 Å². The maximum atomic E-state index is 5.59. The fraction of sp³-hybridized carbons (Fsp3) is 0.150. The molecule has 0 aliphatic carbocycles. The summed E-state index contributed by atoms with van der Waals surface area (Å²) in [5.74, 6) is 0.854. The molecule has 2 aromatic heterocycles. The first-order chi connectivity index (χ1) is 12.3. The zero-order valence-corrected chi connectivity index (χ0v) is 14.8. The van der Waals surface area contributed by atoms with Gasteiger partial charge in [-0.25, -0.2) is 0 Å². The highest BCUT2D eigenvalue weighted by atomic mass is 32.2. The molecule has 2 heterocycles. The Labute approximate surface area is 150 Å². The van der Waals surface area contributed by atoms with Crippen molar-refractivity contribution in [3.05, 3.63) is 66.4 Å². The van der Waals surface area contributed by atoms with Crippen molar-refractivity contribution in [3.63, 3.8) is 0 Å². The van der Waals surface area contributed by atoms with Crippen LogP contribution in [0.1, 0.15) is 5.56 Å². The first-order valence-corrected chi connectivity index (χ1v) is 9.05. The van der Waals surface area contributed by atoms with Crippen LogP contribution in [-0.4, -0.2) is 16.7 Å².